The van der Waals surface area contributed by atoms with Crippen molar-refractivity contribution in [3.05, 3.63) is 29.8 Å². The van der Waals surface area contributed by atoms with Crippen LogP contribution in [0.15, 0.2) is 24.3 Å². The third-order valence-corrected chi connectivity index (χ3v) is 10.7. The Morgan fingerprint density at radius 1 is 1.27 bits per heavy atom. The molecule has 3 aliphatic rings. The first-order chi connectivity index (χ1) is 15.6. The molecule has 0 radical (unpaired) electrons. The van der Waals surface area contributed by atoms with Gasteiger partial charge in [-0.3, -0.25) is 4.79 Å². The zero-order chi connectivity index (χ0) is 24.0. The van der Waals surface area contributed by atoms with Gasteiger partial charge in [0.15, 0.2) is 0 Å². The van der Waals surface area contributed by atoms with Gasteiger partial charge in [0.25, 0.3) is 0 Å². The Balaban J connectivity index is 1.38. The highest BCUT2D eigenvalue weighted by molar-refractivity contribution is 7.90. The molecular weight excluding hydrogens is 442 g/mol. The second kappa shape index (κ2) is 8.86. The van der Waals surface area contributed by atoms with E-state index in [9.17, 15) is 18.3 Å². The summed E-state index contributed by atoms with van der Waals surface area (Å²) in [5.41, 5.74) is 0.549. The molecule has 0 aromatic heterocycles. The normalized spacial score (nSPS) is 30.8. The summed E-state index contributed by atoms with van der Waals surface area (Å²) < 4.78 is 38.4. The number of aliphatic hydroxyl groups is 1. The number of benzene rings is 1. The Labute approximate surface area is 197 Å². The van der Waals surface area contributed by atoms with Gasteiger partial charge < -0.3 is 14.6 Å². The van der Waals surface area contributed by atoms with E-state index in [4.69, 9.17) is 9.47 Å². The van der Waals surface area contributed by atoms with Crippen molar-refractivity contribution >= 4 is 15.9 Å². The lowest BCUT2D eigenvalue weighted by molar-refractivity contribution is -0.137. The maximum atomic E-state index is 13.5. The van der Waals surface area contributed by atoms with E-state index < -0.39 is 28.0 Å². The summed E-state index contributed by atoms with van der Waals surface area (Å²) in [6.07, 6.45) is 2.35. The van der Waals surface area contributed by atoms with E-state index in [2.05, 4.69) is 13.8 Å². The number of ether oxygens (including phenoxy) is 2. The fraction of sp³-hybridized carbons (Fsp3) is 0.720. The van der Waals surface area contributed by atoms with Crippen molar-refractivity contribution in [3.63, 3.8) is 0 Å². The Morgan fingerprint density at radius 2 is 1.97 bits per heavy atom. The number of hydrogen-bond donors (Lipinski definition) is 1. The van der Waals surface area contributed by atoms with Crippen LogP contribution in [0.1, 0.15) is 58.4 Å². The van der Waals surface area contributed by atoms with Crippen molar-refractivity contribution in [2.24, 2.45) is 22.7 Å². The van der Waals surface area contributed by atoms with Crippen molar-refractivity contribution in [2.45, 2.75) is 71.6 Å². The number of carbonyl (C=O) groups excluding carboxylic acids is 1. The van der Waals surface area contributed by atoms with Gasteiger partial charge in [-0.1, -0.05) is 32.9 Å². The predicted octanol–water partition coefficient (Wildman–Crippen LogP) is 3.36. The van der Waals surface area contributed by atoms with E-state index >= 15 is 0 Å². The van der Waals surface area contributed by atoms with E-state index in [0.29, 0.717) is 18.9 Å². The Morgan fingerprint density at radius 3 is 2.58 bits per heavy atom. The molecular formula is C25H37NO6S. The minimum Gasteiger partial charge on any atom is -0.497 e. The molecule has 2 saturated carbocycles. The number of amides is 1. The van der Waals surface area contributed by atoms with Gasteiger partial charge in [-0.25, -0.2) is 12.7 Å². The van der Waals surface area contributed by atoms with E-state index in [1.165, 1.54) is 4.31 Å². The molecule has 8 heteroatoms. The van der Waals surface area contributed by atoms with Crippen molar-refractivity contribution in [3.8, 4) is 5.75 Å². The quantitative estimate of drug-likeness (QED) is 0.546. The Hall–Kier alpha value is -1.64. The lowest BCUT2D eigenvalue weighted by Crippen LogP contribution is -2.48. The largest absolute Gasteiger partial charge is 0.497 e. The van der Waals surface area contributed by atoms with Gasteiger partial charge in [0.1, 0.15) is 5.75 Å². The molecule has 2 bridgehead atoms. The maximum absolute atomic E-state index is 13.5. The smallest absolute Gasteiger partial charge is 0.242 e. The average molecular weight is 480 g/mol. The lowest BCUT2D eigenvalue weighted by atomic mass is 9.69. The first-order valence-corrected chi connectivity index (χ1v) is 13.6. The van der Waals surface area contributed by atoms with Crippen LogP contribution in [-0.4, -0.2) is 55.4 Å². The SMILES string of the molecule is CC[C@H](C(=O)N1[C@H]2C[C@H]3CC[C@]2(CS1(=O)=O)C3(C)C)[C@H](O)CCOCc1ccc(OC)cc1. The standard InChI is InChI=1S/C25H37NO6S/c1-5-20(21(27)11-13-32-15-17-6-8-19(31-4)9-7-17)23(28)26-22-14-18-10-12-25(22,24(18,2)3)16-33(26,29)30/h6-9,18,20-22,27H,5,10-16H2,1-4H3/t18-,20+,21-,22+,25-/m1/s1. The molecule has 7 nitrogen and oxygen atoms in total. The van der Waals surface area contributed by atoms with Gasteiger partial charge >= 0.3 is 0 Å². The molecule has 1 amide bonds. The Kier molecular flexibility index (Phi) is 6.57. The van der Waals surface area contributed by atoms with Crippen LogP contribution in [0.3, 0.4) is 0 Å². The molecule has 2 aliphatic carbocycles. The number of fused-ring (bicyclic) bond motifs is 1. The number of hydrogen-bond acceptors (Lipinski definition) is 6. The van der Waals surface area contributed by atoms with Crippen molar-refractivity contribution in [1.82, 2.24) is 4.31 Å². The third kappa shape index (κ3) is 3.98. The molecule has 1 aromatic rings. The topological polar surface area (TPSA) is 93.1 Å². The lowest BCUT2D eigenvalue weighted by Gasteiger charge is -2.37. The van der Waals surface area contributed by atoms with Crippen LogP contribution >= 0.6 is 0 Å². The molecule has 1 aromatic carbocycles. The van der Waals surface area contributed by atoms with Crippen LogP contribution in [-0.2, 0) is 26.2 Å². The summed E-state index contributed by atoms with van der Waals surface area (Å²) in [4.78, 5) is 13.5. The molecule has 1 spiro atoms. The molecule has 1 heterocycles. The zero-order valence-electron chi connectivity index (χ0n) is 20.1. The number of nitrogens with zero attached hydrogens (tertiary/aromatic N) is 1. The maximum Gasteiger partial charge on any atom is 0.242 e. The number of carbonyl (C=O) groups is 1. The van der Waals surface area contributed by atoms with Gasteiger partial charge in [-0.05, 0) is 61.1 Å². The van der Waals surface area contributed by atoms with Crippen molar-refractivity contribution < 1.29 is 27.8 Å². The molecule has 4 rings (SSSR count). The molecule has 1 aliphatic heterocycles. The first kappa shape index (κ1) is 24.5. The van der Waals surface area contributed by atoms with Gasteiger partial charge in [0.05, 0.1) is 37.5 Å². The minimum atomic E-state index is -3.68. The molecule has 0 unspecified atom stereocenters. The summed E-state index contributed by atoms with van der Waals surface area (Å²) in [5, 5.41) is 10.8. The van der Waals surface area contributed by atoms with E-state index in [0.717, 1.165) is 30.6 Å². The second-order valence-corrected chi connectivity index (χ2v) is 12.4. The predicted molar refractivity (Wildman–Crippen MR) is 125 cm³/mol. The van der Waals surface area contributed by atoms with Crippen LogP contribution in [0.2, 0.25) is 0 Å². The molecule has 33 heavy (non-hydrogen) atoms. The molecule has 1 saturated heterocycles. The molecule has 3 fully saturated rings. The molecule has 184 valence electrons. The minimum absolute atomic E-state index is 0.0530. The van der Waals surface area contributed by atoms with Gasteiger partial charge in [-0.15, -0.1) is 0 Å². The highest BCUT2D eigenvalue weighted by atomic mass is 32.2. The third-order valence-electron chi connectivity index (χ3n) is 8.84. The summed E-state index contributed by atoms with van der Waals surface area (Å²) in [6.45, 7) is 6.84. The number of rotatable bonds is 9. The van der Waals surface area contributed by atoms with Crippen molar-refractivity contribution in [2.75, 3.05) is 19.5 Å². The van der Waals surface area contributed by atoms with E-state index in [1.807, 2.05) is 31.2 Å². The number of aliphatic hydroxyl groups excluding tert-OH is 1. The van der Waals surface area contributed by atoms with Crippen LogP contribution in [0, 0.1) is 22.7 Å². The van der Waals surface area contributed by atoms with Crippen LogP contribution in [0.5, 0.6) is 5.75 Å². The second-order valence-electron chi connectivity index (χ2n) is 10.5. The highest BCUT2D eigenvalue weighted by Gasteiger charge is 2.72. The first-order valence-electron chi connectivity index (χ1n) is 12.0. The summed E-state index contributed by atoms with van der Waals surface area (Å²) in [5.74, 6) is 0.0880. The summed E-state index contributed by atoms with van der Waals surface area (Å²) >= 11 is 0. The summed E-state index contributed by atoms with van der Waals surface area (Å²) in [7, 11) is -2.07. The van der Waals surface area contributed by atoms with Gasteiger partial charge in [0, 0.05) is 12.0 Å². The molecule has 1 N–H and O–H groups in total. The monoisotopic (exact) mass is 479 g/mol. The van der Waals surface area contributed by atoms with Crippen molar-refractivity contribution in [1.29, 1.82) is 0 Å². The zero-order valence-corrected chi connectivity index (χ0v) is 20.9. The highest BCUT2D eigenvalue weighted by Crippen LogP contribution is 2.70. The van der Waals surface area contributed by atoms with Gasteiger partial charge in [-0.2, -0.15) is 0 Å². The fourth-order valence-corrected chi connectivity index (χ4v) is 9.25. The van der Waals surface area contributed by atoms with Crippen LogP contribution < -0.4 is 4.74 Å². The number of sulfonamides is 1. The fourth-order valence-electron chi connectivity index (χ4n) is 6.67. The number of methoxy groups -OCH3 is 1. The van der Waals surface area contributed by atoms with E-state index in [1.54, 1.807) is 7.11 Å². The molecule has 5 atom stereocenters. The van der Waals surface area contributed by atoms with Crippen LogP contribution in [0.25, 0.3) is 0 Å². The van der Waals surface area contributed by atoms with E-state index in [-0.39, 0.29) is 35.7 Å². The van der Waals surface area contributed by atoms with Crippen LogP contribution in [0.4, 0.5) is 0 Å². The van der Waals surface area contributed by atoms with Gasteiger partial charge in [0.2, 0.25) is 15.9 Å². The Bertz CT molecular complexity index is 975. The average Bonchev–Trinajstić information content (AvgIpc) is 3.25. The summed E-state index contributed by atoms with van der Waals surface area (Å²) in [6, 6.07) is 7.28.